The van der Waals surface area contributed by atoms with Crippen molar-refractivity contribution in [1.82, 2.24) is 25.0 Å². The van der Waals surface area contributed by atoms with Gasteiger partial charge in [0.2, 0.25) is 0 Å². The Labute approximate surface area is 140 Å². The average molecular weight is 333 g/mol. The van der Waals surface area contributed by atoms with E-state index in [1.807, 2.05) is 33.4 Å². The minimum Gasteiger partial charge on any atom is -0.338 e. The Kier molecular flexibility index (Phi) is 5.27. The van der Waals surface area contributed by atoms with Gasteiger partial charge < -0.3 is 10.2 Å². The van der Waals surface area contributed by atoms with Gasteiger partial charge >= 0.3 is 6.03 Å². The van der Waals surface area contributed by atoms with E-state index in [-0.39, 0.29) is 6.03 Å². The fourth-order valence-corrected chi connectivity index (χ4v) is 3.74. The van der Waals surface area contributed by atoms with Crippen molar-refractivity contribution in [2.75, 3.05) is 19.6 Å². The molecule has 0 spiro atoms. The molecule has 2 aromatic rings. The van der Waals surface area contributed by atoms with Crippen molar-refractivity contribution in [1.29, 1.82) is 0 Å². The minimum absolute atomic E-state index is 0.0508. The van der Waals surface area contributed by atoms with Crippen molar-refractivity contribution >= 4 is 17.4 Å². The van der Waals surface area contributed by atoms with E-state index in [2.05, 4.69) is 22.3 Å². The number of hydrogen-bond acceptors (Lipinski definition) is 4. The molecule has 23 heavy (non-hydrogen) atoms. The number of urea groups is 1. The monoisotopic (exact) mass is 333 g/mol. The summed E-state index contributed by atoms with van der Waals surface area (Å²) in [4.78, 5) is 18.6. The second-order valence-electron chi connectivity index (χ2n) is 6.15. The Hall–Kier alpha value is -1.89. The van der Waals surface area contributed by atoms with Crippen LogP contribution in [0.1, 0.15) is 30.7 Å². The summed E-state index contributed by atoms with van der Waals surface area (Å²) in [5.74, 6) is 0.865. The lowest BCUT2D eigenvalue weighted by atomic mass is 9.98. The fourth-order valence-electron chi connectivity index (χ4n) is 2.93. The summed E-state index contributed by atoms with van der Waals surface area (Å²) in [6.45, 7) is 5.23. The molecule has 3 heterocycles. The number of rotatable bonds is 5. The predicted molar refractivity (Wildman–Crippen MR) is 90.5 cm³/mol. The third kappa shape index (κ3) is 4.31. The molecule has 2 aromatic heterocycles. The van der Waals surface area contributed by atoms with Gasteiger partial charge in [0.1, 0.15) is 0 Å². The van der Waals surface area contributed by atoms with Gasteiger partial charge in [-0.05, 0) is 24.8 Å². The van der Waals surface area contributed by atoms with Crippen molar-refractivity contribution in [3.63, 3.8) is 0 Å². The van der Waals surface area contributed by atoms with Crippen LogP contribution in [0.2, 0.25) is 0 Å². The quantitative estimate of drug-likeness (QED) is 0.915. The highest BCUT2D eigenvalue weighted by molar-refractivity contribution is 7.09. The van der Waals surface area contributed by atoms with Crippen LogP contribution >= 0.6 is 11.3 Å². The largest absolute Gasteiger partial charge is 0.338 e. The van der Waals surface area contributed by atoms with Gasteiger partial charge in [0.05, 0.1) is 5.01 Å². The van der Waals surface area contributed by atoms with Crippen LogP contribution in [0.15, 0.2) is 30.0 Å². The molecule has 2 amide bonds. The van der Waals surface area contributed by atoms with Crippen molar-refractivity contribution in [2.24, 2.45) is 5.92 Å². The molecular weight excluding hydrogens is 310 g/mol. The molecule has 1 atom stereocenters. The lowest BCUT2D eigenvalue weighted by Crippen LogP contribution is -2.45. The molecule has 7 heteroatoms. The van der Waals surface area contributed by atoms with Crippen molar-refractivity contribution in [3.05, 3.63) is 35.0 Å². The molecule has 0 aromatic carbocycles. The first-order chi connectivity index (χ1) is 11.2. The molecule has 0 radical (unpaired) electrons. The van der Waals surface area contributed by atoms with E-state index in [0.29, 0.717) is 18.4 Å². The molecule has 3 rings (SSSR count). The number of carbonyl (C=O) groups excluding carboxylic acids is 1. The number of nitrogens with one attached hydrogen (secondary N) is 1. The van der Waals surface area contributed by atoms with Crippen molar-refractivity contribution in [2.45, 2.75) is 32.2 Å². The van der Waals surface area contributed by atoms with Gasteiger partial charge in [-0.25, -0.2) is 9.78 Å². The molecule has 1 N–H and O–H groups in total. The van der Waals surface area contributed by atoms with Crippen LogP contribution in [-0.2, 0) is 6.54 Å². The minimum atomic E-state index is 0.0508. The fraction of sp³-hybridized carbons (Fsp3) is 0.562. The number of piperidine rings is 1. The number of carbonyl (C=O) groups is 1. The van der Waals surface area contributed by atoms with E-state index in [1.165, 1.54) is 5.01 Å². The molecule has 124 valence electrons. The Bertz CT molecular complexity index is 590. The molecule has 1 aliphatic rings. The van der Waals surface area contributed by atoms with Crippen LogP contribution in [0, 0.1) is 5.92 Å². The van der Waals surface area contributed by atoms with E-state index >= 15 is 0 Å². The Balaban J connectivity index is 1.39. The highest BCUT2D eigenvalue weighted by atomic mass is 32.1. The molecule has 0 saturated carbocycles. The van der Waals surface area contributed by atoms with Crippen molar-refractivity contribution in [3.8, 4) is 0 Å². The zero-order valence-corrected chi connectivity index (χ0v) is 14.2. The van der Waals surface area contributed by atoms with Crippen LogP contribution in [0.4, 0.5) is 4.79 Å². The number of nitrogens with zero attached hydrogens (tertiary/aromatic N) is 4. The summed E-state index contributed by atoms with van der Waals surface area (Å²) in [7, 11) is 0. The summed E-state index contributed by atoms with van der Waals surface area (Å²) in [6, 6.07) is 1.97. The standard InChI is InChI=1S/C16H23N5OS/c1-13(12-21-7-2-5-19-21)11-18-16(22)20-8-3-14(4-9-20)15-17-6-10-23-15/h2,5-7,10,13-14H,3-4,8-9,11-12H2,1H3,(H,18,22)/t13-/m0/s1. The number of thiazole rings is 1. The van der Waals surface area contributed by atoms with Gasteiger partial charge in [-0.2, -0.15) is 5.10 Å². The lowest BCUT2D eigenvalue weighted by molar-refractivity contribution is 0.179. The summed E-state index contributed by atoms with van der Waals surface area (Å²) in [6.07, 6.45) is 7.59. The molecule has 1 aliphatic heterocycles. The van der Waals surface area contributed by atoms with Crippen LogP contribution < -0.4 is 5.32 Å². The van der Waals surface area contributed by atoms with E-state index in [0.717, 1.165) is 32.5 Å². The van der Waals surface area contributed by atoms with Gasteiger partial charge in [-0.3, -0.25) is 4.68 Å². The normalized spacial score (nSPS) is 17.2. The Morgan fingerprint density at radius 2 is 2.26 bits per heavy atom. The highest BCUT2D eigenvalue weighted by Crippen LogP contribution is 2.29. The van der Waals surface area contributed by atoms with Gasteiger partial charge in [0.25, 0.3) is 0 Å². The smallest absolute Gasteiger partial charge is 0.317 e. The van der Waals surface area contributed by atoms with Crippen LogP contribution in [-0.4, -0.2) is 45.3 Å². The molecule has 6 nitrogen and oxygen atoms in total. The van der Waals surface area contributed by atoms with E-state index < -0.39 is 0 Å². The lowest BCUT2D eigenvalue weighted by Gasteiger charge is -2.31. The number of hydrogen-bond donors (Lipinski definition) is 1. The van der Waals surface area contributed by atoms with Gasteiger partial charge in [0.15, 0.2) is 0 Å². The third-order valence-corrected chi connectivity index (χ3v) is 5.18. The van der Waals surface area contributed by atoms with Crippen LogP contribution in [0.25, 0.3) is 0 Å². The molecule has 1 saturated heterocycles. The zero-order chi connectivity index (χ0) is 16.1. The van der Waals surface area contributed by atoms with E-state index in [4.69, 9.17) is 0 Å². The maximum Gasteiger partial charge on any atom is 0.317 e. The summed E-state index contributed by atoms with van der Waals surface area (Å²) in [5.41, 5.74) is 0. The Morgan fingerprint density at radius 3 is 2.91 bits per heavy atom. The summed E-state index contributed by atoms with van der Waals surface area (Å²) in [5, 5.41) is 10.5. The number of likely N-dealkylation sites (tertiary alicyclic amines) is 1. The Morgan fingerprint density at radius 1 is 1.43 bits per heavy atom. The number of aromatic nitrogens is 3. The highest BCUT2D eigenvalue weighted by Gasteiger charge is 2.25. The summed E-state index contributed by atoms with van der Waals surface area (Å²) >= 11 is 1.72. The van der Waals surface area contributed by atoms with Gasteiger partial charge in [-0.15, -0.1) is 11.3 Å². The van der Waals surface area contributed by atoms with Gasteiger partial charge in [-0.1, -0.05) is 6.92 Å². The maximum absolute atomic E-state index is 12.3. The first kappa shape index (κ1) is 16.0. The molecule has 0 aliphatic carbocycles. The second kappa shape index (κ2) is 7.59. The van der Waals surface area contributed by atoms with Gasteiger partial charge in [0, 0.05) is 56.1 Å². The molecular formula is C16H23N5OS. The van der Waals surface area contributed by atoms with Crippen LogP contribution in [0.3, 0.4) is 0 Å². The molecule has 0 unspecified atom stereocenters. The predicted octanol–water partition coefficient (Wildman–Crippen LogP) is 2.56. The van der Waals surface area contributed by atoms with Crippen LogP contribution in [0.5, 0.6) is 0 Å². The third-order valence-electron chi connectivity index (χ3n) is 4.24. The second-order valence-corrected chi connectivity index (χ2v) is 7.08. The zero-order valence-electron chi connectivity index (χ0n) is 13.4. The van der Waals surface area contributed by atoms with E-state index in [1.54, 1.807) is 17.5 Å². The molecule has 1 fully saturated rings. The molecule has 0 bridgehead atoms. The topological polar surface area (TPSA) is 63.1 Å². The maximum atomic E-state index is 12.3. The van der Waals surface area contributed by atoms with E-state index in [9.17, 15) is 4.79 Å². The summed E-state index contributed by atoms with van der Waals surface area (Å²) < 4.78 is 1.90. The number of amides is 2. The SMILES string of the molecule is C[C@@H](CNC(=O)N1CCC(c2nccs2)CC1)Cn1cccn1. The first-order valence-corrected chi connectivity index (χ1v) is 9.00. The first-order valence-electron chi connectivity index (χ1n) is 8.12. The van der Waals surface area contributed by atoms with Crippen molar-refractivity contribution < 1.29 is 4.79 Å². The average Bonchev–Trinajstić information content (AvgIpc) is 3.26.